The Kier molecular flexibility index (Phi) is 3.32. The molecule has 0 spiro atoms. The van der Waals surface area contributed by atoms with Crippen LogP contribution in [0.4, 0.5) is 0 Å². The summed E-state index contributed by atoms with van der Waals surface area (Å²) in [5.41, 5.74) is 3.30. The van der Waals surface area contributed by atoms with Gasteiger partial charge in [-0.05, 0) is 40.5 Å². The third kappa shape index (κ3) is 1.88. The van der Waals surface area contributed by atoms with Gasteiger partial charge in [-0.2, -0.15) is 5.10 Å². The molecular formula is C15H23ClN4. The predicted octanol–water partition coefficient (Wildman–Crippen LogP) is 4.15. The largest absolute Gasteiger partial charge is 0.306 e. The van der Waals surface area contributed by atoms with E-state index in [4.69, 9.17) is 16.6 Å². The van der Waals surface area contributed by atoms with E-state index in [2.05, 4.69) is 28.2 Å². The molecule has 1 saturated carbocycles. The Morgan fingerprint density at radius 1 is 1.35 bits per heavy atom. The number of hydrogen-bond acceptors (Lipinski definition) is 2. The summed E-state index contributed by atoms with van der Waals surface area (Å²) in [6, 6.07) is 0. The Bertz CT molecular complexity index is 632. The number of alkyl halides is 1. The summed E-state index contributed by atoms with van der Waals surface area (Å²) in [5.74, 6) is 0.994. The summed E-state index contributed by atoms with van der Waals surface area (Å²) in [4.78, 5) is 4.82. The van der Waals surface area contributed by atoms with Crippen LogP contribution in [0.3, 0.4) is 0 Å². The van der Waals surface area contributed by atoms with Gasteiger partial charge in [-0.3, -0.25) is 0 Å². The molecule has 3 rings (SSSR count). The standard InChI is InChI=1S/C15H23ClN4/c1-5-19-14-12(11(3)18-19)17-13(10(2)16)20(14)15(4)8-6-7-9-15/h10H,5-9H2,1-4H3. The van der Waals surface area contributed by atoms with Crippen molar-refractivity contribution < 1.29 is 0 Å². The van der Waals surface area contributed by atoms with Crippen molar-refractivity contribution in [3.63, 3.8) is 0 Å². The second-order valence-electron chi connectivity index (χ2n) is 6.20. The number of aromatic nitrogens is 4. The minimum Gasteiger partial charge on any atom is -0.306 e. The zero-order valence-corrected chi connectivity index (χ0v) is 13.5. The Morgan fingerprint density at radius 2 is 2.00 bits per heavy atom. The Labute approximate surface area is 125 Å². The molecule has 4 nitrogen and oxygen atoms in total. The van der Waals surface area contributed by atoms with E-state index in [-0.39, 0.29) is 10.9 Å². The first-order chi connectivity index (χ1) is 9.48. The summed E-state index contributed by atoms with van der Waals surface area (Å²) in [6.07, 6.45) is 4.96. The fraction of sp³-hybridized carbons (Fsp3) is 0.733. The number of rotatable bonds is 3. The van der Waals surface area contributed by atoms with Crippen LogP contribution in [0.5, 0.6) is 0 Å². The van der Waals surface area contributed by atoms with Crippen molar-refractivity contribution >= 4 is 22.8 Å². The van der Waals surface area contributed by atoms with E-state index in [9.17, 15) is 0 Å². The molecule has 0 aliphatic heterocycles. The van der Waals surface area contributed by atoms with Crippen molar-refractivity contribution in [2.45, 2.75) is 70.8 Å². The normalized spacial score (nSPS) is 19.9. The van der Waals surface area contributed by atoms with E-state index in [0.29, 0.717) is 0 Å². The third-order valence-electron chi connectivity index (χ3n) is 4.61. The van der Waals surface area contributed by atoms with Crippen molar-refractivity contribution in [1.82, 2.24) is 19.3 Å². The molecule has 5 heteroatoms. The molecule has 110 valence electrons. The van der Waals surface area contributed by atoms with Crippen molar-refractivity contribution in [2.75, 3.05) is 0 Å². The fourth-order valence-electron chi connectivity index (χ4n) is 3.56. The molecule has 1 aliphatic rings. The van der Waals surface area contributed by atoms with Gasteiger partial charge in [-0.1, -0.05) is 12.8 Å². The van der Waals surface area contributed by atoms with Gasteiger partial charge >= 0.3 is 0 Å². The maximum absolute atomic E-state index is 6.41. The van der Waals surface area contributed by atoms with Gasteiger partial charge in [-0.25, -0.2) is 9.67 Å². The van der Waals surface area contributed by atoms with Crippen LogP contribution in [0, 0.1) is 6.92 Å². The van der Waals surface area contributed by atoms with Crippen LogP contribution >= 0.6 is 11.6 Å². The number of imidazole rings is 1. The molecule has 2 aromatic heterocycles. The van der Waals surface area contributed by atoms with E-state index in [0.717, 1.165) is 29.2 Å². The predicted molar refractivity (Wildman–Crippen MR) is 82.3 cm³/mol. The highest BCUT2D eigenvalue weighted by Crippen LogP contribution is 2.41. The maximum atomic E-state index is 6.41. The average Bonchev–Trinajstić information content (AvgIpc) is 3.05. The van der Waals surface area contributed by atoms with Crippen LogP contribution in [0.1, 0.15) is 63.3 Å². The molecule has 0 amide bonds. The van der Waals surface area contributed by atoms with Crippen LogP contribution in [0.2, 0.25) is 0 Å². The summed E-state index contributed by atoms with van der Waals surface area (Å²) in [6.45, 7) is 9.38. The quantitative estimate of drug-likeness (QED) is 0.797. The molecule has 2 aromatic rings. The van der Waals surface area contributed by atoms with E-state index in [1.807, 2.05) is 13.8 Å². The van der Waals surface area contributed by atoms with E-state index >= 15 is 0 Å². The maximum Gasteiger partial charge on any atom is 0.159 e. The fourth-order valence-corrected chi connectivity index (χ4v) is 3.71. The van der Waals surface area contributed by atoms with Gasteiger partial charge in [0.1, 0.15) is 11.3 Å². The molecule has 20 heavy (non-hydrogen) atoms. The minimum atomic E-state index is -0.0791. The molecule has 2 heterocycles. The van der Waals surface area contributed by atoms with Gasteiger partial charge < -0.3 is 4.57 Å². The highest BCUT2D eigenvalue weighted by molar-refractivity contribution is 6.20. The first-order valence-electron chi connectivity index (χ1n) is 7.58. The van der Waals surface area contributed by atoms with E-state index in [1.165, 1.54) is 25.7 Å². The average molecular weight is 295 g/mol. The molecule has 1 unspecified atom stereocenters. The molecule has 1 fully saturated rings. The van der Waals surface area contributed by atoms with Crippen molar-refractivity contribution in [3.8, 4) is 0 Å². The van der Waals surface area contributed by atoms with Crippen LogP contribution in [-0.4, -0.2) is 19.3 Å². The zero-order chi connectivity index (χ0) is 14.5. The first kappa shape index (κ1) is 13.9. The minimum absolute atomic E-state index is 0.0791. The van der Waals surface area contributed by atoms with Crippen LogP contribution in [0.25, 0.3) is 11.2 Å². The van der Waals surface area contributed by atoms with Crippen LogP contribution < -0.4 is 0 Å². The Balaban J connectivity index is 2.33. The van der Waals surface area contributed by atoms with Gasteiger partial charge in [0.25, 0.3) is 0 Å². The molecule has 0 aromatic carbocycles. The van der Waals surface area contributed by atoms with E-state index in [1.54, 1.807) is 0 Å². The molecular weight excluding hydrogens is 272 g/mol. The molecule has 1 atom stereocenters. The summed E-state index contributed by atoms with van der Waals surface area (Å²) in [7, 11) is 0. The van der Waals surface area contributed by atoms with Gasteiger partial charge in [0.15, 0.2) is 5.65 Å². The first-order valence-corrected chi connectivity index (χ1v) is 8.02. The number of nitrogens with zero attached hydrogens (tertiary/aromatic N) is 4. The number of aryl methyl sites for hydroxylation is 2. The lowest BCUT2D eigenvalue weighted by Crippen LogP contribution is -2.29. The van der Waals surface area contributed by atoms with Crippen molar-refractivity contribution in [3.05, 3.63) is 11.5 Å². The van der Waals surface area contributed by atoms with Crippen molar-refractivity contribution in [1.29, 1.82) is 0 Å². The lowest BCUT2D eigenvalue weighted by atomic mass is 10.00. The molecule has 0 bridgehead atoms. The van der Waals surface area contributed by atoms with Gasteiger partial charge in [0.2, 0.25) is 0 Å². The zero-order valence-electron chi connectivity index (χ0n) is 12.8. The summed E-state index contributed by atoms with van der Waals surface area (Å²) in [5, 5.41) is 4.54. The summed E-state index contributed by atoms with van der Waals surface area (Å²) >= 11 is 6.41. The Morgan fingerprint density at radius 3 is 2.55 bits per heavy atom. The molecule has 1 aliphatic carbocycles. The number of hydrogen-bond donors (Lipinski definition) is 0. The molecule has 0 saturated heterocycles. The lowest BCUT2D eigenvalue weighted by Gasteiger charge is -2.29. The number of fused-ring (bicyclic) bond motifs is 1. The Hall–Kier alpha value is -1.03. The monoisotopic (exact) mass is 294 g/mol. The number of halogens is 1. The lowest BCUT2D eigenvalue weighted by molar-refractivity contribution is 0.322. The second-order valence-corrected chi connectivity index (χ2v) is 6.85. The third-order valence-corrected chi connectivity index (χ3v) is 4.81. The van der Waals surface area contributed by atoms with Crippen molar-refractivity contribution in [2.24, 2.45) is 0 Å². The van der Waals surface area contributed by atoms with E-state index < -0.39 is 0 Å². The van der Waals surface area contributed by atoms with Gasteiger partial charge in [0.05, 0.1) is 11.1 Å². The van der Waals surface area contributed by atoms with Crippen LogP contribution in [-0.2, 0) is 12.1 Å². The highest BCUT2D eigenvalue weighted by atomic mass is 35.5. The topological polar surface area (TPSA) is 35.6 Å². The smallest absolute Gasteiger partial charge is 0.159 e. The molecule has 0 radical (unpaired) electrons. The van der Waals surface area contributed by atoms with Crippen LogP contribution in [0.15, 0.2) is 0 Å². The molecule has 0 N–H and O–H groups in total. The van der Waals surface area contributed by atoms with Gasteiger partial charge in [0, 0.05) is 12.1 Å². The van der Waals surface area contributed by atoms with Gasteiger partial charge in [-0.15, -0.1) is 11.6 Å². The SMILES string of the molecule is CCn1nc(C)c2nc(C(C)Cl)n(C3(C)CCCC3)c21. The highest BCUT2D eigenvalue weighted by Gasteiger charge is 2.36. The summed E-state index contributed by atoms with van der Waals surface area (Å²) < 4.78 is 4.46. The second kappa shape index (κ2) is 4.76.